The molecule has 1 unspecified atom stereocenters. The number of hydrogen-bond donors (Lipinski definition) is 2. The number of aliphatic hydroxyl groups is 1. The second-order valence-electron chi connectivity index (χ2n) is 8.34. The lowest BCUT2D eigenvalue weighted by Crippen LogP contribution is -2.52. The van der Waals surface area contributed by atoms with E-state index in [4.69, 9.17) is 13.0 Å². The molecule has 1 amide bonds. The van der Waals surface area contributed by atoms with Crippen LogP contribution in [-0.2, 0) is 17.8 Å². The standard InChI is InChI=1S/C16H37NO5Si3/c1-9-16(19)17-13-15(18)14-20-11-10-12-25(8,21-23(2,3)4)22-24(5,6)7/h9,15,18H,1,10-14H2,2-8H3,(H,17,19). The Morgan fingerprint density at radius 3 is 2.08 bits per heavy atom. The van der Waals surface area contributed by atoms with Crippen LogP contribution in [0.5, 0.6) is 0 Å². The van der Waals surface area contributed by atoms with Crippen LogP contribution in [0, 0.1) is 0 Å². The van der Waals surface area contributed by atoms with Crippen LogP contribution in [0.3, 0.4) is 0 Å². The number of rotatable bonds is 13. The Hall–Kier alpha value is -0.299. The lowest BCUT2D eigenvalue weighted by atomic mass is 10.3. The molecule has 0 aliphatic rings. The third-order valence-corrected chi connectivity index (χ3v) is 12.6. The molecule has 1 atom stereocenters. The van der Waals surface area contributed by atoms with Crippen LogP contribution in [0.15, 0.2) is 12.7 Å². The number of nitrogens with one attached hydrogen (secondary N) is 1. The van der Waals surface area contributed by atoms with E-state index in [9.17, 15) is 9.90 Å². The van der Waals surface area contributed by atoms with E-state index in [1.165, 1.54) is 6.08 Å². The average molecular weight is 408 g/mol. The largest absolute Gasteiger partial charge is 0.437 e. The Morgan fingerprint density at radius 1 is 1.12 bits per heavy atom. The Bertz CT molecular complexity index is 405. The van der Waals surface area contributed by atoms with E-state index in [2.05, 4.69) is 57.7 Å². The zero-order valence-electron chi connectivity index (χ0n) is 17.0. The summed E-state index contributed by atoms with van der Waals surface area (Å²) >= 11 is 0. The fourth-order valence-corrected chi connectivity index (χ4v) is 15.0. The van der Waals surface area contributed by atoms with Gasteiger partial charge in [-0.3, -0.25) is 4.79 Å². The number of aliphatic hydroxyl groups excluding tert-OH is 1. The highest BCUT2D eigenvalue weighted by molar-refractivity contribution is 6.87. The molecule has 0 spiro atoms. The van der Waals surface area contributed by atoms with Crippen molar-refractivity contribution in [2.45, 2.75) is 64.4 Å². The quantitative estimate of drug-likeness (QED) is 0.279. The molecule has 0 aromatic heterocycles. The summed E-state index contributed by atoms with van der Waals surface area (Å²) < 4.78 is 18.4. The van der Waals surface area contributed by atoms with Crippen LogP contribution in [0.4, 0.5) is 0 Å². The molecule has 9 heteroatoms. The fraction of sp³-hybridized carbons (Fsp3) is 0.812. The molecule has 148 valence electrons. The Balaban J connectivity index is 4.25. The van der Waals surface area contributed by atoms with E-state index in [-0.39, 0.29) is 19.1 Å². The SMILES string of the molecule is C=CC(=O)NCC(O)COCCC[Si](C)(O[Si](C)(C)C)O[Si](C)(C)C. The predicted octanol–water partition coefficient (Wildman–Crippen LogP) is 2.83. The maximum absolute atomic E-state index is 11.0. The van der Waals surface area contributed by atoms with Gasteiger partial charge in [0.05, 0.1) is 12.7 Å². The summed E-state index contributed by atoms with van der Waals surface area (Å²) in [6.45, 7) is 19.6. The van der Waals surface area contributed by atoms with Crippen LogP contribution in [0.25, 0.3) is 0 Å². The minimum absolute atomic E-state index is 0.161. The molecule has 0 fully saturated rings. The van der Waals surface area contributed by atoms with Crippen molar-refractivity contribution in [1.29, 1.82) is 0 Å². The molecule has 0 heterocycles. The van der Waals surface area contributed by atoms with Crippen LogP contribution >= 0.6 is 0 Å². The molecule has 0 radical (unpaired) electrons. The van der Waals surface area contributed by atoms with Gasteiger partial charge < -0.3 is 23.4 Å². The second kappa shape index (κ2) is 10.8. The highest BCUT2D eigenvalue weighted by Gasteiger charge is 2.39. The summed E-state index contributed by atoms with van der Waals surface area (Å²) in [4.78, 5) is 11.0. The first-order chi connectivity index (χ1) is 11.3. The molecule has 2 N–H and O–H groups in total. The highest BCUT2D eigenvalue weighted by atomic mass is 28.5. The molecular formula is C16H37NO5Si3. The molecule has 0 rings (SSSR count). The van der Waals surface area contributed by atoms with Crippen molar-refractivity contribution in [2.24, 2.45) is 0 Å². The summed E-state index contributed by atoms with van der Waals surface area (Å²) in [5, 5.41) is 12.3. The number of amides is 1. The minimum Gasteiger partial charge on any atom is -0.437 e. The first-order valence-corrected chi connectivity index (χ1v) is 18.2. The maximum atomic E-state index is 11.0. The lowest BCUT2D eigenvalue weighted by molar-refractivity contribution is -0.117. The minimum atomic E-state index is -2.22. The zero-order chi connectivity index (χ0) is 19.7. The smallest absolute Gasteiger partial charge is 0.314 e. The molecule has 0 aliphatic heterocycles. The summed E-state index contributed by atoms with van der Waals surface area (Å²) in [5.74, 6) is -0.298. The molecule has 0 aromatic rings. The van der Waals surface area contributed by atoms with Crippen LogP contribution in [0.2, 0.25) is 51.9 Å². The molecule has 0 bridgehead atoms. The van der Waals surface area contributed by atoms with Gasteiger partial charge >= 0.3 is 8.56 Å². The molecule has 25 heavy (non-hydrogen) atoms. The van der Waals surface area contributed by atoms with Crippen molar-refractivity contribution in [3.05, 3.63) is 12.7 Å². The number of hydrogen-bond acceptors (Lipinski definition) is 5. The maximum Gasteiger partial charge on any atom is 0.314 e. The van der Waals surface area contributed by atoms with Gasteiger partial charge in [0.2, 0.25) is 5.91 Å². The fourth-order valence-electron chi connectivity index (χ4n) is 2.48. The van der Waals surface area contributed by atoms with Gasteiger partial charge in [-0.25, -0.2) is 0 Å². The van der Waals surface area contributed by atoms with Crippen molar-refractivity contribution in [1.82, 2.24) is 5.32 Å². The normalized spacial score (nSPS) is 14.2. The summed E-state index contributed by atoms with van der Waals surface area (Å²) in [6, 6.07) is 0.880. The van der Waals surface area contributed by atoms with Crippen molar-refractivity contribution in [3.63, 3.8) is 0 Å². The third-order valence-electron chi connectivity index (χ3n) is 2.97. The number of carbonyl (C=O) groups is 1. The number of carbonyl (C=O) groups excluding carboxylic acids is 1. The van der Waals surface area contributed by atoms with Gasteiger partial charge in [-0.15, -0.1) is 0 Å². The zero-order valence-corrected chi connectivity index (χ0v) is 20.0. The van der Waals surface area contributed by atoms with Gasteiger partial charge in [0, 0.05) is 13.2 Å². The van der Waals surface area contributed by atoms with Crippen LogP contribution in [-0.4, -0.2) is 62.1 Å². The average Bonchev–Trinajstić information content (AvgIpc) is 2.39. The predicted molar refractivity (Wildman–Crippen MR) is 110 cm³/mol. The van der Waals surface area contributed by atoms with Crippen molar-refractivity contribution in [2.75, 3.05) is 19.8 Å². The van der Waals surface area contributed by atoms with E-state index < -0.39 is 31.3 Å². The van der Waals surface area contributed by atoms with E-state index in [1.807, 2.05) is 0 Å². The lowest BCUT2D eigenvalue weighted by Gasteiger charge is -2.38. The Labute approximate surface area is 156 Å². The van der Waals surface area contributed by atoms with Gasteiger partial charge in [-0.05, 0) is 64.4 Å². The molecule has 0 aromatic carbocycles. The van der Waals surface area contributed by atoms with Crippen molar-refractivity contribution in [3.8, 4) is 0 Å². The first-order valence-electron chi connectivity index (χ1n) is 8.83. The van der Waals surface area contributed by atoms with Gasteiger partial charge in [-0.1, -0.05) is 6.58 Å². The van der Waals surface area contributed by atoms with Crippen LogP contribution in [0.1, 0.15) is 6.42 Å². The first kappa shape index (κ1) is 24.7. The second-order valence-corrected chi connectivity index (χ2v) is 21.2. The molecule has 0 saturated heterocycles. The monoisotopic (exact) mass is 407 g/mol. The number of ether oxygens (including phenoxy) is 1. The molecule has 6 nitrogen and oxygen atoms in total. The summed E-state index contributed by atoms with van der Waals surface area (Å²) in [5.41, 5.74) is 0. The third kappa shape index (κ3) is 14.5. The Kier molecular flexibility index (Phi) is 10.6. The van der Waals surface area contributed by atoms with Crippen molar-refractivity contribution >= 4 is 31.1 Å². The molecule has 0 saturated carbocycles. The van der Waals surface area contributed by atoms with E-state index in [0.29, 0.717) is 6.61 Å². The molecule has 0 aliphatic carbocycles. The van der Waals surface area contributed by atoms with Gasteiger partial charge in [0.15, 0.2) is 16.6 Å². The molecular weight excluding hydrogens is 370 g/mol. The van der Waals surface area contributed by atoms with Crippen molar-refractivity contribution < 1.29 is 22.9 Å². The van der Waals surface area contributed by atoms with Gasteiger partial charge in [-0.2, -0.15) is 0 Å². The van der Waals surface area contributed by atoms with Crippen LogP contribution < -0.4 is 5.32 Å². The summed E-state index contributed by atoms with van der Waals surface area (Å²) in [7, 11) is -5.57. The van der Waals surface area contributed by atoms with E-state index in [1.54, 1.807) is 0 Å². The Morgan fingerprint density at radius 2 is 1.64 bits per heavy atom. The highest BCUT2D eigenvalue weighted by Crippen LogP contribution is 2.25. The van der Waals surface area contributed by atoms with E-state index in [0.717, 1.165) is 12.5 Å². The van der Waals surface area contributed by atoms with E-state index >= 15 is 0 Å². The topological polar surface area (TPSA) is 77.0 Å². The summed E-state index contributed by atoms with van der Waals surface area (Å²) in [6.07, 6.45) is 1.29. The van der Waals surface area contributed by atoms with Gasteiger partial charge in [0.25, 0.3) is 0 Å². The van der Waals surface area contributed by atoms with Gasteiger partial charge in [0.1, 0.15) is 0 Å².